The van der Waals surface area contributed by atoms with E-state index in [-0.39, 0.29) is 216 Å². The standard InChI is InChI=1S/C25H22F4N4O4.C16H14F6O5S.C11H10FN3O3.C10H9FN4O2.C6H6FN3O.C6H3FN2.C6H5N3.C5H7ClO3.HNO2.H3NO.H3N.2Na.2H2O/c1-25(16-9-14(27)10-17(28)22(16)29)8-7-15(24(35)36-2)19(11-25)31-20(34)5-6-21-32-23(33-37-21)18-4-3-13(26)12-30-18;1-15(12-9(17)3-4-10(18)13(12)19)6-5-8(14(23)26-2)11(7-15)27-28(24,25)16(20,21)22;1-17-10(16)5-4-9-14-11(15-18-9)8-3-2-7(12)6-13-8;11-6-1-2-7(13-5-6)10-14-9(17-15-10)4-3-8(12)16;7-4-1-2-5(9-3-4)6(8)10-11;7-5-1-2-6(3-8)9-4-5;7-3-6-2-1-5(8)4-9-6;1-9-5(8)3-2-4(6)7;2-1-3;1-2;;;;;/h3-4,9-10,12H,5-8,11H2,1-2H3,(H,31,34);3-4H,5-7H2,1-2H3;2-3,6H,4-5H2,1H3;1-2,5H,3-4H2,(H2,12,16);1-3,11H,(H2,8,10);1-2,4H;1-2,4H,8H2;2-3H2,1H3;(H,2,3);2H,1H2;1H3;;;2*1H2/q;;;;;;;;;;;2*+1;;/p-2. The fourth-order valence-electron chi connectivity index (χ4n) is 11.5. The number of ether oxygens (including phenoxy) is 4. The van der Waals surface area contributed by atoms with E-state index in [0.29, 0.717) is 59.2 Å². The fraction of sp³-hybridized carbons (Fsp3) is 0.271. The molecule has 0 saturated carbocycles. The van der Waals surface area contributed by atoms with Gasteiger partial charge in [0.15, 0.2) is 29.1 Å². The number of esters is 4. The van der Waals surface area contributed by atoms with Gasteiger partial charge in [-0.15, -0.1) is 5.34 Å². The summed E-state index contributed by atoms with van der Waals surface area (Å²) < 4.78 is 245. The number of amidine groups is 1. The number of amides is 2. The summed E-state index contributed by atoms with van der Waals surface area (Å²) in [4.78, 5) is 121. The second-order valence-corrected chi connectivity index (χ2v) is 30.4. The smallest absolute Gasteiger partial charge is 0.870 e. The van der Waals surface area contributed by atoms with Crippen LogP contribution in [0.25, 0.3) is 34.6 Å². The number of anilines is 1. The van der Waals surface area contributed by atoms with E-state index in [1.807, 2.05) is 6.07 Å². The van der Waals surface area contributed by atoms with Crippen LogP contribution in [0.1, 0.15) is 130 Å². The maximum Gasteiger partial charge on any atom is 1.00 e. The molecule has 17 N–H and O–H groups in total. The van der Waals surface area contributed by atoms with Gasteiger partial charge in [-0.05, 0) is 135 Å². The number of methoxy groups -OCH3 is 4. The van der Waals surface area contributed by atoms with E-state index in [1.54, 1.807) is 25.1 Å². The molecule has 786 valence electrons. The van der Waals surface area contributed by atoms with Crippen molar-refractivity contribution in [2.75, 3.05) is 34.2 Å². The van der Waals surface area contributed by atoms with Crippen molar-refractivity contribution in [1.82, 2.24) is 71.8 Å². The average Bonchev–Trinajstić information content (AvgIpc) is 0.945. The van der Waals surface area contributed by atoms with Crippen LogP contribution in [0.15, 0.2) is 181 Å². The van der Waals surface area contributed by atoms with E-state index in [9.17, 15) is 103 Å². The largest absolute Gasteiger partial charge is 1.00 e. The van der Waals surface area contributed by atoms with Gasteiger partial charge < -0.3 is 96.8 Å². The monoisotopic (exact) mass is 2160 g/mol. The number of benzene rings is 2. The SMILES string of the molecule is COC(=O)C1=C(NC(=O)CCc2nc(-c3ccc(F)cn3)no2)CC(C)(c2cc(F)cc(F)c2F)CC1.COC(=O)C1=C(OS(=O)(=O)C(F)(F)F)CC(C)(c2c(F)ccc(F)c2F)CC1.COC(=O)CCC(=O)Cl.COC(=O)CCc1nc(-c2ccc(F)cn2)no1.N.N#Cc1ccc(F)cn1.N#Cc1ccc(N)cn1.N/C(=N\O)c1ccc(F)cn1.NC(=O)CCc1nc(-c2ccc(F)cn2)no1.NO.O.O=N[O-].[Na+].[Na+].[OH-]. The summed E-state index contributed by atoms with van der Waals surface area (Å²) in [5.74, 6) is -9.63. The van der Waals surface area contributed by atoms with Gasteiger partial charge in [0.1, 0.15) is 92.8 Å². The van der Waals surface area contributed by atoms with Crippen LogP contribution in [0.5, 0.6) is 0 Å². The molecule has 2 unspecified atom stereocenters. The van der Waals surface area contributed by atoms with Crippen molar-refractivity contribution in [3.63, 3.8) is 0 Å². The van der Waals surface area contributed by atoms with Gasteiger partial charge in [-0.2, -0.15) is 47.1 Å². The minimum atomic E-state index is -6.16. The van der Waals surface area contributed by atoms with Gasteiger partial charge >= 0.3 is 98.6 Å². The van der Waals surface area contributed by atoms with E-state index >= 15 is 0 Å². The Balaban J connectivity index is 0. The number of primary amides is 1. The molecule has 0 spiro atoms. The Kier molecular flexibility index (Phi) is 61.1. The summed E-state index contributed by atoms with van der Waals surface area (Å²) >= 11 is 4.93. The number of alkyl halides is 3. The second kappa shape index (κ2) is 66.9. The summed E-state index contributed by atoms with van der Waals surface area (Å²) in [7, 11) is -1.49. The number of nitrogens with two attached hydrogens (primary N) is 4. The number of nitrogen functional groups attached to an aromatic ring is 1. The molecule has 9 heterocycles. The quantitative estimate of drug-likeness (QED) is 0.00308. The van der Waals surface area contributed by atoms with Gasteiger partial charge in [-0.25, -0.2) is 93.7 Å². The minimum absolute atomic E-state index is 0. The third-order valence-electron chi connectivity index (χ3n) is 18.4. The molecule has 0 fully saturated rings. The molecule has 11 aromatic rings. The summed E-state index contributed by atoms with van der Waals surface area (Å²) in [6, 6.07) is 22.4. The number of nitrogens with one attached hydrogen (secondary N) is 1. The first-order chi connectivity index (χ1) is 67.6. The number of nitrogens with zero attached hydrogens (tertiary/aromatic N) is 16. The molecule has 9 aromatic heterocycles. The number of hydrogen-bond donors (Lipinski definition) is 8. The van der Waals surface area contributed by atoms with E-state index < -0.39 is 155 Å². The molecular formula is C85H85ClF14N22Na2O23S. The molecule has 2 aliphatic rings. The topological polar surface area (TPSA) is 759 Å². The van der Waals surface area contributed by atoms with E-state index in [1.165, 1.54) is 95.1 Å². The van der Waals surface area contributed by atoms with Crippen LogP contribution in [0.4, 0.5) is 67.2 Å². The summed E-state index contributed by atoms with van der Waals surface area (Å²) in [6.07, 6.45) is 6.30. The molecule has 2 aliphatic carbocycles. The molecule has 63 heteroatoms. The van der Waals surface area contributed by atoms with Crippen LogP contribution in [0.2, 0.25) is 0 Å². The third-order valence-corrected chi connectivity index (χ3v) is 19.6. The molecule has 2 amide bonds. The number of carbonyl (C=O) groups is 7. The van der Waals surface area contributed by atoms with Crippen molar-refractivity contribution >= 4 is 74.2 Å². The van der Waals surface area contributed by atoms with Crippen LogP contribution in [-0.2, 0) is 96.9 Å². The number of nitriles is 2. The van der Waals surface area contributed by atoms with Crippen molar-refractivity contribution in [3.8, 4) is 46.7 Å². The van der Waals surface area contributed by atoms with Crippen molar-refractivity contribution in [2.45, 2.75) is 120 Å². The third kappa shape index (κ3) is 44.5. The molecule has 0 aliphatic heterocycles. The Bertz CT molecular complexity index is 6400. The Hall–Kier alpha value is -15.0. The Morgan fingerprint density at radius 1 is 0.547 bits per heavy atom. The first-order valence-electron chi connectivity index (χ1n) is 39.7. The van der Waals surface area contributed by atoms with Crippen molar-refractivity contribution in [1.29, 1.82) is 10.5 Å². The number of aromatic nitrogens is 12. The predicted molar refractivity (Wildman–Crippen MR) is 473 cm³/mol. The zero-order valence-electron chi connectivity index (χ0n) is 78.4. The molecule has 148 heavy (non-hydrogen) atoms. The van der Waals surface area contributed by atoms with Gasteiger partial charge in [0.2, 0.25) is 52.2 Å². The van der Waals surface area contributed by atoms with Crippen LogP contribution in [-0.4, -0.2) is 171 Å². The summed E-state index contributed by atoms with van der Waals surface area (Å²) in [5.41, 5.74) is 8.28. The maximum atomic E-state index is 14.6. The number of rotatable bonds is 23. The number of oxime groups is 1. The van der Waals surface area contributed by atoms with Crippen LogP contribution >= 0.6 is 11.6 Å². The van der Waals surface area contributed by atoms with E-state index in [4.69, 9.17) is 78.2 Å². The molecule has 2 atom stereocenters. The number of aryl methyl sites for hydroxylation is 3. The molecule has 0 saturated heterocycles. The van der Waals surface area contributed by atoms with E-state index in [0.717, 1.165) is 49.5 Å². The Morgan fingerprint density at radius 3 is 1.36 bits per heavy atom. The van der Waals surface area contributed by atoms with Crippen molar-refractivity contribution < 1.29 is 221 Å². The Labute approximate surface area is 877 Å². The number of hydrogen-bond acceptors (Lipinski definition) is 41. The molecular weight excluding hydrogens is 2080 g/mol. The second-order valence-electron chi connectivity index (χ2n) is 28.4. The minimum Gasteiger partial charge on any atom is -0.870 e. The van der Waals surface area contributed by atoms with Gasteiger partial charge in [-0.3, -0.25) is 24.0 Å². The number of pyridine rings is 6. The summed E-state index contributed by atoms with van der Waals surface area (Å²) in [6.45, 7) is 2.79. The van der Waals surface area contributed by atoms with Crippen LogP contribution in [0.3, 0.4) is 0 Å². The van der Waals surface area contributed by atoms with Gasteiger partial charge in [-0.1, -0.05) is 34.5 Å². The average molecular weight is 2160 g/mol. The molecule has 0 bridgehead atoms. The van der Waals surface area contributed by atoms with Crippen LogP contribution < -0.4 is 93.7 Å². The maximum absolute atomic E-state index is 14.6. The predicted octanol–water partition coefficient (Wildman–Crippen LogP) is 5.61. The van der Waals surface area contributed by atoms with E-state index in [2.05, 4.69) is 95.1 Å². The first kappa shape index (κ1) is 135. The van der Waals surface area contributed by atoms with Crippen molar-refractivity contribution in [2.24, 2.45) is 27.9 Å². The van der Waals surface area contributed by atoms with Gasteiger partial charge in [0.25, 0.3) is 0 Å². The van der Waals surface area contributed by atoms with Gasteiger partial charge in [0, 0.05) is 78.7 Å². The zero-order chi connectivity index (χ0) is 107. The normalized spacial score (nSPS) is 13.3. The van der Waals surface area contributed by atoms with Crippen LogP contribution in [0, 0.1) is 96.8 Å². The van der Waals surface area contributed by atoms with Crippen molar-refractivity contribution in [3.05, 3.63) is 277 Å². The molecule has 45 nitrogen and oxygen atoms in total. The first-order valence-corrected chi connectivity index (χ1v) is 41.5. The van der Waals surface area contributed by atoms with Gasteiger partial charge in [0.05, 0.1) is 95.3 Å². The molecule has 13 rings (SSSR count). The fourth-order valence-corrected chi connectivity index (χ4v) is 12.1. The zero-order valence-corrected chi connectivity index (χ0v) is 84.0. The number of halogens is 15. The Morgan fingerprint density at radius 2 is 0.959 bits per heavy atom. The number of carbonyl (C=O) groups excluding carboxylic acids is 7. The molecule has 2 aromatic carbocycles. The molecule has 0 radical (unpaired) electrons. The summed E-state index contributed by atoms with van der Waals surface area (Å²) in [5, 5.41) is 56.1. The number of allylic oxidation sites excluding steroid dienone is 2.